The number of halogens is 1. The minimum Gasteiger partial charge on any atom is -0.493 e. The highest BCUT2D eigenvalue weighted by molar-refractivity contribution is 6.33. The maximum atomic E-state index is 11.9. The van der Waals surface area contributed by atoms with Gasteiger partial charge in [0.1, 0.15) is 0 Å². The summed E-state index contributed by atoms with van der Waals surface area (Å²) in [6.07, 6.45) is 1.49. The third-order valence-corrected chi connectivity index (χ3v) is 3.67. The molecule has 0 radical (unpaired) electrons. The van der Waals surface area contributed by atoms with E-state index in [1.54, 1.807) is 31.4 Å². The highest BCUT2D eigenvalue weighted by atomic mass is 35.5. The van der Waals surface area contributed by atoms with E-state index in [0.29, 0.717) is 28.8 Å². The van der Waals surface area contributed by atoms with Crippen molar-refractivity contribution in [2.45, 2.75) is 13.8 Å². The van der Waals surface area contributed by atoms with Crippen molar-refractivity contribution in [1.29, 1.82) is 0 Å². The Morgan fingerprint density at radius 3 is 2.73 bits per heavy atom. The fraction of sp³-hybridized carbons (Fsp3) is 0.263. The average Bonchev–Trinajstić information content (AvgIpc) is 2.62. The van der Waals surface area contributed by atoms with E-state index < -0.39 is 0 Å². The first-order chi connectivity index (χ1) is 12.5. The molecule has 7 heteroatoms. The van der Waals surface area contributed by atoms with Crippen molar-refractivity contribution in [2.75, 3.05) is 25.6 Å². The topological polar surface area (TPSA) is 69.2 Å². The Bertz CT molecular complexity index is 793. The first kappa shape index (κ1) is 19.6. The van der Waals surface area contributed by atoms with Gasteiger partial charge in [0.05, 0.1) is 30.6 Å². The minimum absolute atomic E-state index is 0.227. The molecule has 0 atom stereocenters. The molecule has 0 heterocycles. The van der Waals surface area contributed by atoms with Crippen LogP contribution in [-0.2, 0) is 9.63 Å². The van der Waals surface area contributed by atoms with Gasteiger partial charge in [-0.3, -0.25) is 4.79 Å². The van der Waals surface area contributed by atoms with Crippen LogP contribution in [0.2, 0.25) is 5.02 Å². The van der Waals surface area contributed by atoms with Crippen molar-refractivity contribution in [3.63, 3.8) is 0 Å². The van der Waals surface area contributed by atoms with Gasteiger partial charge in [-0.2, -0.15) is 0 Å². The van der Waals surface area contributed by atoms with Crippen molar-refractivity contribution >= 4 is 29.4 Å². The summed E-state index contributed by atoms with van der Waals surface area (Å²) in [4.78, 5) is 16.9. The van der Waals surface area contributed by atoms with Gasteiger partial charge in [0.15, 0.2) is 18.1 Å². The number of aryl methyl sites for hydroxylation is 1. The molecule has 0 aliphatic heterocycles. The molecule has 6 nitrogen and oxygen atoms in total. The summed E-state index contributed by atoms with van der Waals surface area (Å²) in [6, 6.07) is 10.7. The lowest BCUT2D eigenvalue weighted by Gasteiger charge is -2.09. The molecular weight excluding hydrogens is 356 g/mol. The van der Waals surface area contributed by atoms with Gasteiger partial charge >= 0.3 is 0 Å². The lowest BCUT2D eigenvalue weighted by atomic mass is 10.2. The van der Waals surface area contributed by atoms with Crippen molar-refractivity contribution in [3.8, 4) is 11.5 Å². The fourth-order valence-electron chi connectivity index (χ4n) is 2.14. The molecule has 26 heavy (non-hydrogen) atoms. The monoisotopic (exact) mass is 376 g/mol. The number of anilines is 1. The number of methoxy groups -OCH3 is 1. The van der Waals surface area contributed by atoms with Crippen molar-refractivity contribution in [3.05, 3.63) is 52.5 Å². The van der Waals surface area contributed by atoms with E-state index in [9.17, 15) is 4.79 Å². The van der Waals surface area contributed by atoms with Gasteiger partial charge in [-0.05, 0) is 49.7 Å². The van der Waals surface area contributed by atoms with Crippen LogP contribution in [0.3, 0.4) is 0 Å². The number of hydrogen-bond acceptors (Lipinski definition) is 5. The molecule has 0 aliphatic rings. The largest absolute Gasteiger partial charge is 0.493 e. The second-order valence-corrected chi connectivity index (χ2v) is 5.79. The van der Waals surface area contributed by atoms with Crippen LogP contribution >= 0.6 is 11.6 Å². The zero-order valence-electron chi connectivity index (χ0n) is 14.9. The molecule has 0 fully saturated rings. The van der Waals surface area contributed by atoms with Gasteiger partial charge in [0, 0.05) is 5.56 Å². The standard InChI is InChI=1S/C19H21ClN2O4/c1-4-25-17-8-6-14(10-18(17)24-3)11-21-26-12-19(23)22-16-7-5-13(2)9-15(16)20/h5-11H,4,12H2,1-3H3,(H,22,23)/b21-11+. The van der Waals surface area contributed by atoms with Gasteiger partial charge in [0.25, 0.3) is 5.91 Å². The second-order valence-electron chi connectivity index (χ2n) is 5.38. The van der Waals surface area contributed by atoms with Crippen molar-refractivity contribution < 1.29 is 19.1 Å². The van der Waals surface area contributed by atoms with Crippen LogP contribution in [0, 0.1) is 6.92 Å². The van der Waals surface area contributed by atoms with Crippen LogP contribution in [-0.4, -0.2) is 32.4 Å². The number of rotatable bonds is 8. The van der Waals surface area contributed by atoms with Gasteiger partial charge in [-0.1, -0.05) is 22.8 Å². The van der Waals surface area contributed by atoms with E-state index in [1.807, 2.05) is 26.0 Å². The minimum atomic E-state index is -0.350. The molecular formula is C19H21ClN2O4. The fourth-order valence-corrected chi connectivity index (χ4v) is 2.42. The quantitative estimate of drug-likeness (QED) is 0.557. The molecule has 2 rings (SSSR count). The van der Waals surface area contributed by atoms with Crippen LogP contribution in [0.1, 0.15) is 18.1 Å². The Morgan fingerprint density at radius 2 is 2.04 bits per heavy atom. The maximum absolute atomic E-state index is 11.9. The van der Waals surface area contributed by atoms with Gasteiger partial charge in [0.2, 0.25) is 0 Å². The lowest BCUT2D eigenvalue weighted by Crippen LogP contribution is -2.17. The average molecular weight is 377 g/mol. The molecule has 138 valence electrons. The number of ether oxygens (including phenoxy) is 2. The van der Waals surface area contributed by atoms with Crippen LogP contribution in [0.25, 0.3) is 0 Å². The predicted octanol–water partition coefficient (Wildman–Crippen LogP) is 4.04. The third kappa shape index (κ3) is 5.67. The number of carbonyl (C=O) groups excluding carboxylic acids is 1. The number of nitrogens with one attached hydrogen (secondary N) is 1. The highest BCUT2D eigenvalue weighted by Crippen LogP contribution is 2.27. The Hall–Kier alpha value is -2.73. The zero-order chi connectivity index (χ0) is 18.9. The Kier molecular flexibility index (Phi) is 7.29. The summed E-state index contributed by atoms with van der Waals surface area (Å²) >= 11 is 6.07. The SMILES string of the molecule is CCOc1ccc(/C=N/OCC(=O)Nc2ccc(C)cc2Cl)cc1OC. The number of benzene rings is 2. The van der Waals surface area contributed by atoms with Gasteiger partial charge < -0.3 is 19.6 Å². The van der Waals surface area contributed by atoms with E-state index >= 15 is 0 Å². The van der Waals surface area contributed by atoms with E-state index in [0.717, 1.165) is 11.1 Å². The van der Waals surface area contributed by atoms with E-state index in [2.05, 4.69) is 10.5 Å². The first-order valence-electron chi connectivity index (χ1n) is 8.05. The Morgan fingerprint density at radius 1 is 1.23 bits per heavy atom. The molecule has 0 saturated carbocycles. The molecule has 2 aromatic carbocycles. The van der Waals surface area contributed by atoms with E-state index in [-0.39, 0.29) is 12.5 Å². The summed E-state index contributed by atoms with van der Waals surface area (Å²) < 4.78 is 10.7. The summed E-state index contributed by atoms with van der Waals surface area (Å²) in [6.45, 7) is 4.14. The smallest absolute Gasteiger partial charge is 0.265 e. The Balaban J connectivity index is 1.87. The number of oxime groups is 1. The molecule has 0 spiro atoms. The summed E-state index contributed by atoms with van der Waals surface area (Å²) in [5.74, 6) is 0.905. The summed E-state index contributed by atoms with van der Waals surface area (Å²) in [5, 5.41) is 6.94. The molecule has 0 saturated heterocycles. The molecule has 0 aliphatic carbocycles. The van der Waals surface area contributed by atoms with Crippen molar-refractivity contribution in [1.82, 2.24) is 0 Å². The highest BCUT2D eigenvalue weighted by Gasteiger charge is 2.07. The summed E-state index contributed by atoms with van der Waals surface area (Å²) in [7, 11) is 1.57. The van der Waals surface area contributed by atoms with Gasteiger partial charge in [-0.15, -0.1) is 0 Å². The molecule has 0 bridgehead atoms. The lowest BCUT2D eigenvalue weighted by molar-refractivity contribution is -0.120. The normalized spacial score (nSPS) is 10.6. The number of carbonyl (C=O) groups is 1. The molecule has 1 amide bonds. The Labute approximate surface area is 157 Å². The number of hydrogen-bond donors (Lipinski definition) is 1. The maximum Gasteiger partial charge on any atom is 0.265 e. The third-order valence-electron chi connectivity index (χ3n) is 3.36. The van der Waals surface area contributed by atoms with Crippen molar-refractivity contribution in [2.24, 2.45) is 5.16 Å². The molecule has 1 N–H and O–H groups in total. The van der Waals surface area contributed by atoms with Crippen LogP contribution in [0.4, 0.5) is 5.69 Å². The molecule has 0 unspecified atom stereocenters. The first-order valence-corrected chi connectivity index (χ1v) is 8.43. The second kappa shape index (κ2) is 9.68. The van der Waals surface area contributed by atoms with Crippen LogP contribution in [0.15, 0.2) is 41.6 Å². The number of amides is 1. The van der Waals surface area contributed by atoms with Crippen LogP contribution < -0.4 is 14.8 Å². The molecule has 0 aromatic heterocycles. The number of nitrogens with zero attached hydrogens (tertiary/aromatic N) is 1. The predicted molar refractivity (Wildman–Crippen MR) is 103 cm³/mol. The van der Waals surface area contributed by atoms with E-state index in [4.69, 9.17) is 25.9 Å². The van der Waals surface area contributed by atoms with Gasteiger partial charge in [-0.25, -0.2) is 0 Å². The van der Waals surface area contributed by atoms with E-state index in [1.165, 1.54) is 6.21 Å². The zero-order valence-corrected chi connectivity index (χ0v) is 15.7. The van der Waals surface area contributed by atoms with Crippen LogP contribution in [0.5, 0.6) is 11.5 Å². The summed E-state index contributed by atoms with van der Waals surface area (Å²) in [5.41, 5.74) is 2.30. The molecule has 2 aromatic rings.